The van der Waals surface area contributed by atoms with Gasteiger partial charge in [0.1, 0.15) is 12.4 Å². The van der Waals surface area contributed by atoms with Gasteiger partial charge in [0.05, 0.1) is 0 Å². The highest BCUT2D eigenvalue weighted by Gasteiger charge is 2.34. The lowest BCUT2D eigenvalue weighted by Gasteiger charge is -2.24. The fourth-order valence-electron chi connectivity index (χ4n) is 0.952. The van der Waals surface area contributed by atoms with Crippen molar-refractivity contribution in [2.75, 3.05) is 6.61 Å². The predicted octanol–water partition coefficient (Wildman–Crippen LogP) is 2.31. The van der Waals surface area contributed by atoms with Gasteiger partial charge in [0.15, 0.2) is 0 Å². The molecule has 3 nitrogen and oxygen atoms in total. The van der Waals surface area contributed by atoms with E-state index in [4.69, 9.17) is 4.74 Å². The van der Waals surface area contributed by atoms with E-state index >= 15 is 0 Å². The molecule has 16 heavy (non-hydrogen) atoms. The maximum Gasteiger partial charge on any atom is 0.412 e. The topological polar surface area (TPSA) is 38.7 Å². The molecule has 1 N–H and O–H groups in total. The van der Waals surface area contributed by atoms with Crippen molar-refractivity contribution in [1.82, 2.24) is 0 Å². The second-order valence-electron chi connectivity index (χ2n) is 3.22. The molecule has 0 spiro atoms. The molecule has 6 heteroatoms. The van der Waals surface area contributed by atoms with E-state index in [9.17, 15) is 18.3 Å². The van der Waals surface area contributed by atoms with E-state index in [0.29, 0.717) is 0 Å². The van der Waals surface area contributed by atoms with E-state index < -0.39 is 18.8 Å². The average molecular weight is 236 g/mol. The molecule has 1 rings (SSSR count). The molecule has 1 aromatic carbocycles. The molecule has 0 radical (unpaired) electrons. The Morgan fingerprint density at radius 2 is 1.75 bits per heavy atom. The molecule has 0 saturated heterocycles. The number of hydrogen-bond donors (Lipinski definition) is 1. The first-order chi connectivity index (χ1) is 7.29. The zero-order valence-electron chi connectivity index (χ0n) is 8.49. The highest BCUT2D eigenvalue weighted by atomic mass is 19.4. The number of rotatable bonds is 4. The van der Waals surface area contributed by atoms with Gasteiger partial charge in [0.2, 0.25) is 0 Å². The number of ether oxygens (including phenoxy) is 2. The van der Waals surface area contributed by atoms with Crippen LogP contribution in [0.15, 0.2) is 30.3 Å². The van der Waals surface area contributed by atoms with Crippen molar-refractivity contribution < 1.29 is 27.8 Å². The van der Waals surface area contributed by atoms with Crippen molar-refractivity contribution in [1.29, 1.82) is 0 Å². The van der Waals surface area contributed by atoms with Gasteiger partial charge in [0, 0.05) is 6.92 Å². The van der Waals surface area contributed by atoms with Crippen LogP contribution in [0.1, 0.15) is 6.92 Å². The Bertz CT molecular complexity index is 322. The standard InChI is InChI=1S/C10H11F3O3/c1-9(14,15-7-10(11,12)13)16-8-5-3-2-4-6-8/h2-6,14H,7H2,1H3. The molecule has 0 heterocycles. The number of aliphatic hydroxyl groups is 1. The summed E-state index contributed by atoms with van der Waals surface area (Å²) < 4.78 is 44.5. The van der Waals surface area contributed by atoms with Crippen LogP contribution in [0.4, 0.5) is 13.2 Å². The molecule has 0 fully saturated rings. The summed E-state index contributed by atoms with van der Waals surface area (Å²) >= 11 is 0. The molecule has 0 saturated carbocycles. The van der Waals surface area contributed by atoms with Crippen molar-refractivity contribution >= 4 is 0 Å². The third-order valence-electron chi connectivity index (χ3n) is 1.55. The second kappa shape index (κ2) is 4.71. The first-order valence-corrected chi connectivity index (χ1v) is 4.46. The average Bonchev–Trinajstić information content (AvgIpc) is 2.15. The van der Waals surface area contributed by atoms with Crippen LogP contribution in [0.3, 0.4) is 0 Å². The summed E-state index contributed by atoms with van der Waals surface area (Å²) in [5, 5.41) is 9.39. The van der Waals surface area contributed by atoms with Gasteiger partial charge in [0.25, 0.3) is 0 Å². The molecule has 0 aliphatic heterocycles. The van der Waals surface area contributed by atoms with Crippen molar-refractivity contribution in [2.24, 2.45) is 0 Å². The third kappa shape index (κ3) is 4.99. The van der Waals surface area contributed by atoms with Gasteiger partial charge in [-0.2, -0.15) is 13.2 Å². The van der Waals surface area contributed by atoms with E-state index in [1.807, 2.05) is 0 Å². The summed E-state index contributed by atoms with van der Waals surface area (Å²) in [6.45, 7) is -0.585. The van der Waals surface area contributed by atoms with Crippen LogP contribution in [-0.4, -0.2) is 23.9 Å². The minimum absolute atomic E-state index is 0.217. The van der Waals surface area contributed by atoms with Crippen molar-refractivity contribution in [3.63, 3.8) is 0 Å². The smallest absolute Gasteiger partial charge is 0.412 e. The SMILES string of the molecule is CC(O)(OCC(F)(F)F)Oc1ccccc1. The summed E-state index contributed by atoms with van der Waals surface area (Å²) in [6, 6.07) is 7.93. The first kappa shape index (κ1) is 12.8. The molecular formula is C10H11F3O3. The number of hydrogen-bond acceptors (Lipinski definition) is 3. The molecular weight excluding hydrogens is 225 g/mol. The van der Waals surface area contributed by atoms with E-state index in [1.165, 1.54) is 12.1 Å². The lowest BCUT2D eigenvalue weighted by atomic mass is 10.3. The number of halogens is 3. The maximum atomic E-state index is 11.8. The zero-order valence-corrected chi connectivity index (χ0v) is 8.49. The van der Waals surface area contributed by atoms with E-state index in [-0.39, 0.29) is 5.75 Å². The van der Waals surface area contributed by atoms with Gasteiger partial charge < -0.3 is 14.6 Å². The molecule has 90 valence electrons. The summed E-state index contributed by atoms with van der Waals surface area (Å²) in [4.78, 5) is 0. The van der Waals surface area contributed by atoms with Gasteiger partial charge in [-0.25, -0.2) is 0 Å². The van der Waals surface area contributed by atoms with Crippen LogP contribution < -0.4 is 4.74 Å². The molecule has 1 atom stereocenters. The van der Waals surface area contributed by atoms with Gasteiger partial charge in [-0.3, -0.25) is 0 Å². The minimum Gasteiger partial charge on any atom is -0.439 e. The van der Waals surface area contributed by atoms with Crippen molar-refractivity contribution in [3.8, 4) is 5.75 Å². The Hall–Kier alpha value is -1.27. The molecule has 0 aromatic heterocycles. The van der Waals surface area contributed by atoms with E-state index in [0.717, 1.165) is 6.92 Å². The predicted molar refractivity (Wildman–Crippen MR) is 49.7 cm³/mol. The van der Waals surface area contributed by atoms with Crippen LogP contribution in [0, 0.1) is 0 Å². The zero-order chi connectivity index (χ0) is 12.2. The Morgan fingerprint density at radius 1 is 1.19 bits per heavy atom. The second-order valence-corrected chi connectivity index (χ2v) is 3.22. The Balaban J connectivity index is 2.52. The normalized spacial score (nSPS) is 15.6. The van der Waals surface area contributed by atoms with Crippen LogP contribution in [0.2, 0.25) is 0 Å². The lowest BCUT2D eigenvalue weighted by Crippen LogP contribution is -2.38. The molecule has 0 aliphatic carbocycles. The summed E-state index contributed by atoms with van der Waals surface area (Å²) in [7, 11) is 0. The summed E-state index contributed by atoms with van der Waals surface area (Å²) in [5.41, 5.74) is 0. The van der Waals surface area contributed by atoms with Gasteiger partial charge in [-0.15, -0.1) is 0 Å². The van der Waals surface area contributed by atoms with Crippen LogP contribution >= 0.6 is 0 Å². The number of alkyl halides is 3. The fourth-order valence-corrected chi connectivity index (χ4v) is 0.952. The van der Waals surface area contributed by atoms with Gasteiger partial charge in [-0.05, 0) is 12.1 Å². The van der Waals surface area contributed by atoms with E-state index in [2.05, 4.69) is 4.74 Å². The molecule has 1 unspecified atom stereocenters. The van der Waals surface area contributed by atoms with Crippen LogP contribution in [-0.2, 0) is 4.74 Å². The van der Waals surface area contributed by atoms with Crippen molar-refractivity contribution in [2.45, 2.75) is 19.1 Å². The molecule has 0 amide bonds. The molecule has 0 aliphatic rings. The summed E-state index contributed by atoms with van der Waals surface area (Å²) in [5.74, 6) is -2.09. The van der Waals surface area contributed by atoms with E-state index in [1.54, 1.807) is 18.2 Å². The lowest BCUT2D eigenvalue weighted by molar-refractivity contribution is -0.337. The largest absolute Gasteiger partial charge is 0.439 e. The fraction of sp³-hybridized carbons (Fsp3) is 0.400. The van der Waals surface area contributed by atoms with Crippen LogP contribution in [0.25, 0.3) is 0 Å². The Morgan fingerprint density at radius 3 is 2.25 bits per heavy atom. The minimum atomic E-state index is -4.51. The van der Waals surface area contributed by atoms with Crippen LogP contribution in [0.5, 0.6) is 5.75 Å². The van der Waals surface area contributed by atoms with Gasteiger partial charge >= 0.3 is 12.1 Å². The molecule has 1 aromatic rings. The first-order valence-electron chi connectivity index (χ1n) is 4.46. The molecule has 0 bridgehead atoms. The maximum absolute atomic E-state index is 11.8. The number of para-hydroxylation sites is 1. The Kier molecular flexibility index (Phi) is 3.77. The highest BCUT2D eigenvalue weighted by Crippen LogP contribution is 2.21. The quantitative estimate of drug-likeness (QED) is 0.815. The Labute approximate surface area is 90.4 Å². The van der Waals surface area contributed by atoms with Crippen molar-refractivity contribution in [3.05, 3.63) is 30.3 Å². The monoisotopic (exact) mass is 236 g/mol. The third-order valence-corrected chi connectivity index (χ3v) is 1.55. The highest BCUT2D eigenvalue weighted by molar-refractivity contribution is 5.21. The number of benzene rings is 1. The van der Waals surface area contributed by atoms with Gasteiger partial charge in [-0.1, -0.05) is 18.2 Å². The summed E-state index contributed by atoms with van der Waals surface area (Å²) in [6.07, 6.45) is -4.51.